The highest BCUT2D eigenvalue weighted by molar-refractivity contribution is 5.26. The van der Waals surface area contributed by atoms with Crippen LogP contribution in [-0.2, 0) is 0 Å². The predicted molar refractivity (Wildman–Crippen MR) is 46.5 cm³/mol. The summed E-state index contributed by atoms with van der Waals surface area (Å²) in [6.07, 6.45) is 0.0519. The molecule has 2 N–H and O–H groups in total. The Morgan fingerprint density at radius 1 is 1.42 bits per heavy atom. The zero-order chi connectivity index (χ0) is 9.09. The first-order chi connectivity index (χ1) is 5.46. The molecule has 3 aliphatic carbocycles. The summed E-state index contributed by atoms with van der Waals surface area (Å²) >= 11 is 0. The second-order valence-corrected chi connectivity index (χ2v) is 4.72. The van der Waals surface area contributed by atoms with Crippen LogP contribution in [0.4, 0.5) is 0 Å². The van der Waals surface area contributed by atoms with Crippen molar-refractivity contribution < 1.29 is 10.2 Å². The quantitative estimate of drug-likeness (QED) is 0.528. The lowest BCUT2D eigenvalue weighted by Gasteiger charge is -2.62. The molecule has 0 saturated heterocycles. The smallest absolute Gasteiger partial charge is 0.0755 e. The second-order valence-electron chi connectivity index (χ2n) is 4.72. The third kappa shape index (κ3) is 0.723. The van der Waals surface area contributed by atoms with Crippen LogP contribution in [0, 0.1) is 17.3 Å². The molecular formula is C10H16O2. The summed E-state index contributed by atoms with van der Waals surface area (Å²) in [5.74, 6) is 0.384. The fourth-order valence-corrected chi connectivity index (χ4v) is 2.96. The van der Waals surface area contributed by atoms with Gasteiger partial charge in [0.25, 0.3) is 0 Å². The third-order valence-electron chi connectivity index (χ3n) is 3.82. The number of aliphatic hydroxyl groups excluding tert-OH is 2. The second kappa shape index (κ2) is 2.12. The first kappa shape index (κ1) is 8.27. The molecule has 0 amide bonds. The minimum Gasteiger partial charge on any atom is -0.392 e. The van der Waals surface area contributed by atoms with Gasteiger partial charge in [0, 0.05) is 5.92 Å². The molecule has 3 aliphatic rings. The average molecular weight is 168 g/mol. The van der Waals surface area contributed by atoms with Crippen molar-refractivity contribution in [2.24, 2.45) is 17.3 Å². The molecule has 4 unspecified atom stereocenters. The van der Waals surface area contributed by atoms with Crippen LogP contribution in [-0.4, -0.2) is 22.4 Å². The maximum absolute atomic E-state index is 9.68. The SMILES string of the molecule is C=C1C(O)CC2C(O)C1C2(C)C. The van der Waals surface area contributed by atoms with E-state index in [4.69, 9.17) is 0 Å². The standard InChI is InChI=1S/C10H16O2/c1-5-7(11)4-6-9(12)8(5)10(6,2)3/h6-9,11-12H,1,4H2,2-3H3. The molecule has 12 heavy (non-hydrogen) atoms. The molecule has 2 heteroatoms. The molecule has 0 aliphatic heterocycles. The molecule has 2 bridgehead atoms. The lowest BCUT2D eigenvalue weighted by molar-refractivity contribution is -0.179. The molecule has 3 fully saturated rings. The molecule has 3 rings (SSSR count). The van der Waals surface area contributed by atoms with E-state index in [2.05, 4.69) is 20.4 Å². The highest BCUT2D eigenvalue weighted by Gasteiger charge is 2.61. The van der Waals surface area contributed by atoms with Crippen molar-refractivity contribution >= 4 is 0 Å². The Morgan fingerprint density at radius 2 is 2.00 bits per heavy atom. The van der Waals surface area contributed by atoms with Crippen LogP contribution in [0.5, 0.6) is 0 Å². The van der Waals surface area contributed by atoms with Crippen molar-refractivity contribution in [3.63, 3.8) is 0 Å². The normalized spacial score (nSPS) is 50.2. The van der Waals surface area contributed by atoms with E-state index >= 15 is 0 Å². The van der Waals surface area contributed by atoms with E-state index in [1.54, 1.807) is 0 Å². The van der Waals surface area contributed by atoms with E-state index in [1.807, 2.05) is 0 Å². The zero-order valence-corrected chi connectivity index (χ0v) is 7.62. The van der Waals surface area contributed by atoms with Crippen molar-refractivity contribution in [2.45, 2.75) is 32.5 Å². The van der Waals surface area contributed by atoms with Gasteiger partial charge < -0.3 is 10.2 Å². The van der Waals surface area contributed by atoms with Crippen molar-refractivity contribution in [2.75, 3.05) is 0 Å². The molecule has 0 aromatic heterocycles. The Bertz CT molecular complexity index is 232. The van der Waals surface area contributed by atoms with Crippen LogP contribution in [0.25, 0.3) is 0 Å². The zero-order valence-electron chi connectivity index (χ0n) is 7.62. The molecule has 0 heterocycles. The van der Waals surface area contributed by atoms with Crippen LogP contribution in [0.3, 0.4) is 0 Å². The Kier molecular flexibility index (Phi) is 1.46. The average Bonchev–Trinajstić information content (AvgIpc) is 1.96. The summed E-state index contributed by atoms with van der Waals surface area (Å²) in [5.41, 5.74) is 0.977. The number of aliphatic hydroxyl groups is 2. The van der Waals surface area contributed by atoms with E-state index in [1.165, 1.54) is 0 Å². The van der Waals surface area contributed by atoms with Gasteiger partial charge in [-0.1, -0.05) is 20.4 Å². The fraction of sp³-hybridized carbons (Fsp3) is 0.800. The summed E-state index contributed by atoms with van der Waals surface area (Å²) in [4.78, 5) is 0. The van der Waals surface area contributed by atoms with E-state index < -0.39 is 0 Å². The summed E-state index contributed by atoms with van der Waals surface area (Å²) in [6.45, 7) is 8.14. The Balaban J connectivity index is 2.29. The van der Waals surface area contributed by atoms with Crippen LogP contribution in [0.1, 0.15) is 20.3 Å². The number of hydrogen-bond acceptors (Lipinski definition) is 2. The maximum Gasteiger partial charge on any atom is 0.0755 e. The monoisotopic (exact) mass is 168 g/mol. The molecular weight excluding hydrogens is 152 g/mol. The Morgan fingerprint density at radius 3 is 2.33 bits per heavy atom. The first-order valence-electron chi connectivity index (χ1n) is 4.51. The van der Waals surface area contributed by atoms with E-state index in [0.717, 1.165) is 5.57 Å². The van der Waals surface area contributed by atoms with E-state index in [-0.39, 0.29) is 29.5 Å². The number of hydrogen-bond donors (Lipinski definition) is 2. The molecule has 0 spiro atoms. The molecule has 0 aromatic rings. The fourth-order valence-electron chi connectivity index (χ4n) is 2.96. The van der Waals surface area contributed by atoms with Crippen molar-refractivity contribution in [1.29, 1.82) is 0 Å². The third-order valence-corrected chi connectivity index (χ3v) is 3.82. The van der Waals surface area contributed by atoms with Gasteiger partial charge in [0.05, 0.1) is 12.2 Å². The van der Waals surface area contributed by atoms with Crippen LogP contribution in [0.15, 0.2) is 12.2 Å². The van der Waals surface area contributed by atoms with Crippen molar-refractivity contribution in [1.82, 2.24) is 0 Å². The largest absolute Gasteiger partial charge is 0.392 e. The lowest BCUT2D eigenvalue weighted by Crippen LogP contribution is -2.63. The maximum atomic E-state index is 9.68. The number of fused-ring (bicyclic) bond motifs is 2. The van der Waals surface area contributed by atoms with E-state index in [0.29, 0.717) is 6.42 Å². The van der Waals surface area contributed by atoms with Gasteiger partial charge in [-0.2, -0.15) is 0 Å². The minimum atomic E-state index is -0.378. The molecule has 4 atom stereocenters. The van der Waals surface area contributed by atoms with Crippen LogP contribution in [0.2, 0.25) is 0 Å². The van der Waals surface area contributed by atoms with Gasteiger partial charge in [-0.25, -0.2) is 0 Å². The van der Waals surface area contributed by atoms with Crippen molar-refractivity contribution in [3.05, 3.63) is 12.2 Å². The summed E-state index contributed by atoms with van der Waals surface area (Å²) < 4.78 is 0. The van der Waals surface area contributed by atoms with Crippen LogP contribution >= 0.6 is 0 Å². The van der Waals surface area contributed by atoms with Gasteiger partial charge in [0.15, 0.2) is 0 Å². The van der Waals surface area contributed by atoms with Gasteiger partial charge in [0.1, 0.15) is 0 Å². The Hall–Kier alpha value is -0.340. The molecule has 68 valence electrons. The minimum absolute atomic E-state index is 0.117. The summed E-state index contributed by atoms with van der Waals surface area (Å²) in [7, 11) is 0. The first-order valence-corrected chi connectivity index (χ1v) is 4.51. The summed E-state index contributed by atoms with van der Waals surface area (Å²) in [6, 6.07) is 0. The summed E-state index contributed by atoms with van der Waals surface area (Å²) in [5, 5.41) is 19.2. The molecule has 2 nitrogen and oxygen atoms in total. The van der Waals surface area contributed by atoms with Gasteiger partial charge in [0.2, 0.25) is 0 Å². The van der Waals surface area contributed by atoms with Gasteiger partial charge in [-0.05, 0) is 23.3 Å². The van der Waals surface area contributed by atoms with Crippen molar-refractivity contribution in [3.8, 4) is 0 Å². The van der Waals surface area contributed by atoms with Gasteiger partial charge in [-0.3, -0.25) is 0 Å². The van der Waals surface area contributed by atoms with Gasteiger partial charge in [-0.15, -0.1) is 0 Å². The molecule has 0 aromatic carbocycles. The van der Waals surface area contributed by atoms with Crippen LogP contribution < -0.4 is 0 Å². The lowest BCUT2D eigenvalue weighted by atomic mass is 9.45. The van der Waals surface area contributed by atoms with E-state index in [9.17, 15) is 10.2 Å². The topological polar surface area (TPSA) is 40.5 Å². The van der Waals surface area contributed by atoms with Gasteiger partial charge >= 0.3 is 0 Å². The Labute approximate surface area is 72.9 Å². The molecule has 0 radical (unpaired) electrons. The molecule has 3 saturated carbocycles. The highest BCUT2D eigenvalue weighted by Crippen LogP contribution is 2.60. The highest BCUT2D eigenvalue weighted by atomic mass is 16.3. The predicted octanol–water partition coefficient (Wildman–Crippen LogP) is 0.940. The number of rotatable bonds is 0.